The van der Waals surface area contributed by atoms with Crippen molar-refractivity contribution in [2.75, 3.05) is 0 Å². The second kappa shape index (κ2) is 4.51. The Morgan fingerprint density at radius 3 is 2.35 bits per heavy atom. The van der Waals surface area contributed by atoms with E-state index in [0.717, 1.165) is 17.3 Å². The largest absolute Gasteiger partial charge is 0.344 e. The Bertz CT molecular complexity index is 1240. The number of halogens is 1. The zero-order chi connectivity index (χ0) is 15.7. The van der Waals surface area contributed by atoms with Gasteiger partial charge < -0.3 is 9.13 Å². The highest BCUT2D eigenvalue weighted by Gasteiger charge is 2.13. The molecule has 0 atom stereocenters. The lowest BCUT2D eigenvalue weighted by atomic mass is 10.1. The lowest BCUT2D eigenvalue weighted by molar-refractivity contribution is 0.910. The summed E-state index contributed by atoms with van der Waals surface area (Å²) in [5.74, 6) is 0. The summed E-state index contributed by atoms with van der Waals surface area (Å²) in [4.78, 5) is 0. The number of aryl methyl sites for hydroxylation is 2. The van der Waals surface area contributed by atoms with Crippen LogP contribution >= 0.6 is 15.9 Å². The van der Waals surface area contributed by atoms with Crippen LogP contribution in [0.15, 0.2) is 34.8 Å². The van der Waals surface area contributed by atoms with Crippen molar-refractivity contribution < 1.29 is 0 Å². The average molecular weight is 365 g/mol. The average Bonchev–Trinajstić information content (AvgIpc) is 3.00. The van der Waals surface area contributed by atoms with E-state index in [-0.39, 0.29) is 0 Å². The number of hydrogen-bond donors (Lipinski definition) is 0. The van der Waals surface area contributed by atoms with Gasteiger partial charge in [-0.2, -0.15) is 0 Å². The normalized spacial score (nSPS) is 14.2. The Labute approximate surface area is 142 Å². The summed E-state index contributed by atoms with van der Waals surface area (Å²) in [5.41, 5.74) is 3.90. The maximum atomic E-state index is 3.59. The van der Waals surface area contributed by atoms with Crippen molar-refractivity contribution in [1.82, 2.24) is 9.13 Å². The molecule has 0 radical (unpaired) electrons. The van der Waals surface area contributed by atoms with Crippen molar-refractivity contribution in [1.29, 1.82) is 0 Å². The number of hydrogen-bond acceptors (Lipinski definition) is 0. The van der Waals surface area contributed by atoms with Gasteiger partial charge in [0.2, 0.25) is 0 Å². The van der Waals surface area contributed by atoms with Gasteiger partial charge in [0, 0.05) is 61.8 Å². The molecule has 1 aliphatic rings. The fourth-order valence-electron chi connectivity index (χ4n) is 4.06. The van der Waals surface area contributed by atoms with Crippen molar-refractivity contribution >= 4 is 60.8 Å². The second-order valence-corrected chi connectivity index (χ2v) is 7.37. The zero-order valence-corrected chi connectivity index (χ0v) is 14.8. The summed E-state index contributed by atoms with van der Waals surface area (Å²) in [5, 5.41) is 6.80. The van der Waals surface area contributed by atoms with E-state index >= 15 is 0 Å². The molecule has 2 aromatic heterocycles. The van der Waals surface area contributed by atoms with Gasteiger partial charge in [-0.3, -0.25) is 0 Å². The molecule has 0 saturated heterocycles. The minimum absolute atomic E-state index is 1.13. The van der Waals surface area contributed by atoms with E-state index in [4.69, 9.17) is 0 Å². The Kier molecular flexibility index (Phi) is 2.64. The van der Waals surface area contributed by atoms with E-state index in [9.17, 15) is 0 Å². The van der Waals surface area contributed by atoms with E-state index in [2.05, 4.69) is 81.6 Å². The Morgan fingerprint density at radius 1 is 0.783 bits per heavy atom. The molecule has 114 valence electrons. The minimum Gasteiger partial charge on any atom is -0.344 e. The zero-order valence-electron chi connectivity index (χ0n) is 13.2. The first kappa shape index (κ1) is 13.4. The molecule has 0 bridgehead atoms. The summed E-state index contributed by atoms with van der Waals surface area (Å²) >= 11 is 3.59. The molecular weight excluding hydrogens is 348 g/mol. The maximum absolute atomic E-state index is 3.59. The van der Waals surface area contributed by atoms with Crippen LogP contribution in [0, 0.1) is 0 Å². The van der Waals surface area contributed by atoms with Crippen LogP contribution in [0.1, 0.15) is 12.8 Å². The van der Waals surface area contributed by atoms with Crippen molar-refractivity contribution in [2.24, 2.45) is 14.1 Å². The van der Waals surface area contributed by atoms with Crippen molar-refractivity contribution in [3.63, 3.8) is 0 Å². The van der Waals surface area contributed by atoms with Crippen molar-refractivity contribution in [3.05, 3.63) is 45.4 Å². The molecule has 0 fully saturated rings. The summed E-state index contributed by atoms with van der Waals surface area (Å²) < 4.78 is 5.78. The first-order chi connectivity index (χ1) is 11.1. The Hall–Kier alpha value is -2.00. The molecule has 2 heterocycles. The van der Waals surface area contributed by atoms with Gasteiger partial charge in [-0.25, -0.2) is 0 Å². The highest BCUT2D eigenvalue weighted by atomic mass is 79.9. The number of nitrogens with zero attached hydrogens (tertiary/aromatic N) is 2. The van der Waals surface area contributed by atoms with Gasteiger partial charge in [-0.05, 0) is 37.1 Å². The van der Waals surface area contributed by atoms with E-state index in [1.54, 1.807) is 0 Å². The Balaban J connectivity index is 2.07. The molecular formula is C20H17BrN2. The van der Waals surface area contributed by atoms with Crippen LogP contribution in [0.2, 0.25) is 0 Å². The third-order valence-electron chi connectivity index (χ3n) is 5.23. The summed E-state index contributed by atoms with van der Waals surface area (Å²) in [6, 6.07) is 11.3. The lowest BCUT2D eigenvalue weighted by Gasteiger charge is -2.00. The first-order valence-electron chi connectivity index (χ1n) is 8.01. The van der Waals surface area contributed by atoms with Gasteiger partial charge in [0.05, 0.1) is 0 Å². The standard InChI is InChI=1S/C20H17BrN2/c1-22-17-6-4-3-5-13(17)15-10-20-16(11-19(15)22)14-8-7-12(21)9-18(14)23(20)2/h5-11H,3-4H2,1-2H3. The minimum atomic E-state index is 1.13. The van der Waals surface area contributed by atoms with Crippen LogP contribution in [0.4, 0.5) is 0 Å². The van der Waals surface area contributed by atoms with E-state index < -0.39 is 0 Å². The van der Waals surface area contributed by atoms with E-state index in [0.29, 0.717) is 0 Å². The molecule has 4 aromatic rings. The monoisotopic (exact) mass is 364 g/mol. The molecule has 0 saturated carbocycles. The van der Waals surface area contributed by atoms with Crippen LogP contribution in [-0.2, 0) is 14.1 Å². The van der Waals surface area contributed by atoms with Gasteiger partial charge in [-0.15, -0.1) is 0 Å². The molecule has 0 aliphatic heterocycles. The smallest absolute Gasteiger partial charge is 0.0500 e. The fourth-order valence-corrected chi connectivity index (χ4v) is 4.41. The highest BCUT2D eigenvalue weighted by Crippen LogP contribution is 2.32. The van der Waals surface area contributed by atoms with Gasteiger partial charge in [0.15, 0.2) is 0 Å². The maximum Gasteiger partial charge on any atom is 0.0500 e. The number of fused-ring (bicyclic) bond motifs is 6. The van der Waals surface area contributed by atoms with Gasteiger partial charge in [0.25, 0.3) is 0 Å². The molecule has 3 heteroatoms. The van der Waals surface area contributed by atoms with Crippen molar-refractivity contribution in [3.8, 4) is 0 Å². The molecule has 0 amide bonds. The molecule has 23 heavy (non-hydrogen) atoms. The molecule has 1 aliphatic carbocycles. The number of benzene rings is 2. The SMILES string of the molecule is Cn1c2c(c3cc4c(cc31)c1ccc(Br)cc1n4C)=CCCC=2. The van der Waals surface area contributed by atoms with Crippen molar-refractivity contribution in [2.45, 2.75) is 12.8 Å². The van der Waals surface area contributed by atoms with E-state index in [1.807, 2.05) is 0 Å². The summed E-state index contributed by atoms with van der Waals surface area (Å²) in [6.45, 7) is 0. The molecule has 2 aromatic carbocycles. The van der Waals surface area contributed by atoms with Gasteiger partial charge >= 0.3 is 0 Å². The van der Waals surface area contributed by atoms with Gasteiger partial charge in [-0.1, -0.05) is 34.1 Å². The van der Waals surface area contributed by atoms with Crippen LogP contribution in [0.5, 0.6) is 0 Å². The fraction of sp³-hybridized carbons (Fsp3) is 0.200. The molecule has 0 unspecified atom stereocenters. The molecule has 0 spiro atoms. The third kappa shape index (κ3) is 1.69. The first-order valence-corrected chi connectivity index (χ1v) is 8.81. The lowest BCUT2D eigenvalue weighted by Crippen LogP contribution is -2.29. The number of aromatic nitrogens is 2. The number of rotatable bonds is 0. The van der Waals surface area contributed by atoms with Crippen LogP contribution < -0.4 is 10.6 Å². The van der Waals surface area contributed by atoms with E-state index in [1.165, 1.54) is 43.3 Å². The molecule has 2 nitrogen and oxygen atoms in total. The molecule has 0 N–H and O–H groups in total. The van der Waals surface area contributed by atoms with Gasteiger partial charge in [0.1, 0.15) is 0 Å². The second-order valence-electron chi connectivity index (χ2n) is 6.45. The predicted molar refractivity (Wildman–Crippen MR) is 102 cm³/mol. The highest BCUT2D eigenvalue weighted by molar-refractivity contribution is 9.10. The Morgan fingerprint density at radius 2 is 1.48 bits per heavy atom. The summed E-state index contributed by atoms with van der Waals surface area (Å²) in [7, 11) is 4.35. The molecule has 5 rings (SSSR count). The third-order valence-corrected chi connectivity index (χ3v) is 5.72. The quantitative estimate of drug-likeness (QED) is 0.447. The van der Waals surface area contributed by atoms with Crippen LogP contribution in [0.3, 0.4) is 0 Å². The summed E-state index contributed by atoms with van der Waals surface area (Å²) in [6.07, 6.45) is 7.05. The van der Waals surface area contributed by atoms with Crippen LogP contribution in [0.25, 0.3) is 44.9 Å². The predicted octanol–water partition coefficient (Wildman–Crippen LogP) is 3.94. The van der Waals surface area contributed by atoms with Crippen LogP contribution in [-0.4, -0.2) is 9.13 Å². The topological polar surface area (TPSA) is 9.86 Å².